The smallest absolute Gasteiger partial charge is 0.192 e. The van der Waals surface area contributed by atoms with Gasteiger partial charge in [0.2, 0.25) is 0 Å². The molecule has 2 aromatic carbocycles. The lowest BCUT2D eigenvalue weighted by Crippen LogP contribution is -1.96. The Hall–Kier alpha value is -1.39. The summed E-state index contributed by atoms with van der Waals surface area (Å²) in [6.07, 6.45) is 0. The zero-order valence-corrected chi connectivity index (χ0v) is 7.99. The maximum Gasteiger partial charge on any atom is 0.324 e. The van der Waals surface area contributed by atoms with E-state index in [1.165, 1.54) is 6.07 Å². The van der Waals surface area contributed by atoms with Crippen LogP contribution in [-0.2, 0) is 14.7 Å². The van der Waals surface area contributed by atoms with Gasteiger partial charge in [0, 0.05) is 5.39 Å². The maximum atomic E-state index is 10.9. The van der Waals surface area contributed by atoms with Gasteiger partial charge in [-0.1, -0.05) is 41.0 Å². The van der Waals surface area contributed by atoms with E-state index in [0.717, 1.165) is 5.39 Å². The van der Waals surface area contributed by atoms with Gasteiger partial charge in [-0.3, -0.25) is 0 Å². The predicted molar refractivity (Wildman–Crippen MR) is 51.8 cm³/mol. The molecule has 0 aromatic heterocycles. The van der Waals surface area contributed by atoms with Gasteiger partial charge in [0.05, 0.1) is 0 Å². The molecule has 3 nitrogen and oxygen atoms in total. The Kier molecular flexibility index (Phi) is 2.02. The molecule has 0 amide bonds. The van der Waals surface area contributed by atoms with Crippen molar-refractivity contribution < 1.29 is 13.0 Å². The summed E-state index contributed by atoms with van der Waals surface area (Å²) in [5, 5.41) is 1.23. The largest absolute Gasteiger partial charge is 0.324 e. The lowest BCUT2D eigenvalue weighted by atomic mass is 10.1. The second-order valence-corrected chi connectivity index (χ2v) is 4.28. The Balaban J connectivity index is 2.92. The summed E-state index contributed by atoms with van der Waals surface area (Å²) in [5.74, 6) is 0. The summed E-state index contributed by atoms with van der Waals surface area (Å²) in [6.45, 7) is 0. The molecule has 4 heteroatoms. The van der Waals surface area contributed by atoms with Gasteiger partial charge in [0.25, 0.3) is 0 Å². The van der Waals surface area contributed by atoms with Gasteiger partial charge in [0.1, 0.15) is 4.90 Å². The van der Waals surface area contributed by atoms with Crippen molar-refractivity contribution in [2.45, 2.75) is 4.90 Å². The first kappa shape index (κ1) is 9.18. The Morgan fingerprint density at radius 2 is 1.50 bits per heavy atom. The fourth-order valence-corrected chi connectivity index (χ4v) is 2.11. The Bertz CT molecular complexity index is 567. The maximum absolute atomic E-state index is 10.9. The lowest BCUT2D eigenvalue weighted by Gasteiger charge is -2.00. The quantitative estimate of drug-likeness (QED) is 0.717. The zero-order valence-electron chi connectivity index (χ0n) is 7.17. The number of rotatable bonds is 1. The van der Waals surface area contributed by atoms with Crippen LogP contribution in [0.2, 0.25) is 0 Å². The summed E-state index contributed by atoms with van der Waals surface area (Å²) in [4.78, 5) is -0.157. The lowest BCUT2D eigenvalue weighted by molar-refractivity contribution is 0.415. The van der Waals surface area contributed by atoms with Crippen molar-refractivity contribution in [3.05, 3.63) is 42.5 Å². The van der Waals surface area contributed by atoms with E-state index in [0.29, 0.717) is 5.39 Å². The Morgan fingerprint density at radius 1 is 0.857 bits per heavy atom. The molecule has 0 unspecified atom stereocenters. The molecule has 0 aliphatic rings. The van der Waals surface area contributed by atoms with Gasteiger partial charge in [-0.25, -0.2) is 0 Å². The minimum atomic E-state index is -4.38. The molecule has 0 fully saturated rings. The van der Waals surface area contributed by atoms with E-state index in [1.54, 1.807) is 36.4 Å². The normalized spacial score (nSPS) is 11.8. The van der Waals surface area contributed by atoms with Crippen LogP contribution in [-0.4, -0.2) is 8.42 Å². The summed E-state index contributed by atoms with van der Waals surface area (Å²) in [7, 11) is -4.38. The number of benzene rings is 2. The molecule has 0 saturated heterocycles. The van der Waals surface area contributed by atoms with Gasteiger partial charge in [-0.15, -0.1) is 0 Å². The van der Waals surface area contributed by atoms with Gasteiger partial charge >= 0.3 is 10.1 Å². The monoisotopic (exact) mass is 207 g/mol. The molecule has 0 atom stereocenters. The molecule has 2 aromatic rings. The van der Waals surface area contributed by atoms with E-state index in [1.807, 2.05) is 0 Å². The van der Waals surface area contributed by atoms with Gasteiger partial charge in [-0.2, -0.15) is 8.42 Å². The molecule has 0 aliphatic heterocycles. The van der Waals surface area contributed by atoms with Crippen molar-refractivity contribution in [3.8, 4) is 0 Å². The van der Waals surface area contributed by atoms with Crippen LogP contribution in [0.3, 0.4) is 0 Å². The minimum Gasteiger partial charge on any atom is -0.192 e. The molecular formula is C10H7O3S. The second kappa shape index (κ2) is 3.08. The molecule has 0 heterocycles. The van der Waals surface area contributed by atoms with Crippen molar-refractivity contribution in [3.63, 3.8) is 0 Å². The average molecular weight is 207 g/mol. The molecular weight excluding hydrogens is 200 g/mol. The summed E-state index contributed by atoms with van der Waals surface area (Å²) in [5.41, 5.74) is 0. The molecule has 1 radical (unpaired) electrons. The molecule has 0 N–H and O–H groups in total. The highest BCUT2D eigenvalue weighted by Crippen LogP contribution is 2.22. The van der Waals surface area contributed by atoms with Crippen LogP contribution in [0.1, 0.15) is 0 Å². The van der Waals surface area contributed by atoms with Crippen molar-refractivity contribution in [2.75, 3.05) is 0 Å². The van der Waals surface area contributed by atoms with Gasteiger partial charge in [0.15, 0.2) is 0 Å². The van der Waals surface area contributed by atoms with Crippen LogP contribution in [0.15, 0.2) is 47.4 Å². The van der Waals surface area contributed by atoms with E-state index >= 15 is 0 Å². The highest BCUT2D eigenvalue weighted by Gasteiger charge is 2.14. The molecule has 0 spiro atoms. The van der Waals surface area contributed by atoms with Crippen LogP contribution < -0.4 is 0 Å². The van der Waals surface area contributed by atoms with Crippen molar-refractivity contribution >= 4 is 20.9 Å². The zero-order chi connectivity index (χ0) is 10.2. The summed E-state index contributed by atoms with van der Waals surface area (Å²) < 4.78 is 32.7. The molecule has 71 valence electrons. The van der Waals surface area contributed by atoms with Gasteiger partial charge in [-0.05, 0) is 11.5 Å². The van der Waals surface area contributed by atoms with Crippen LogP contribution in [0.4, 0.5) is 0 Å². The van der Waals surface area contributed by atoms with E-state index < -0.39 is 10.1 Å². The van der Waals surface area contributed by atoms with Crippen molar-refractivity contribution in [1.29, 1.82) is 0 Å². The number of hydrogen-bond donors (Lipinski definition) is 0. The molecule has 0 aliphatic carbocycles. The minimum absolute atomic E-state index is 0.157. The first-order valence-corrected chi connectivity index (χ1v) is 5.43. The van der Waals surface area contributed by atoms with Crippen LogP contribution >= 0.6 is 0 Å². The summed E-state index contributed by atoms with van der Waals surface area (Å²) >= 11 is 0. The van der Waals surface area contributed by atoms with Crippen molar-refractivity contribution in [2.24, 2.45) is 0 Å². The predicted octanol–water partition coefficient (Wildman–Crippen LogP) is 1.96. The highest BCUT2D eigenvalue weighted by atomic mass is 32.2. The molecule has 2 rings (SSSR count). The van der Waals surface area contributed by atoms with E-state index in [9.17, 15) is 13.0 Å². The van der Waals surface area contributed by atoms with E-state index in [-0.39, 0.29) is 4.90 Å². The summed E-state index contributed by atoms with van der Waals surface area (Å²) in [6, 6.07) is 11.5. The SMILES string of the molecule is [O]S(=O)(=O)c1cccc2ccccc12. The van der Waals surface area contributed by atoms with Crippen LogP contribution in [0, 0.1) is 0 Å². The molecule has 14 heavy (non-hydrogen) atoms. The fourth-order valence-electron chi connectivity index (χ4n) is 1.41. The Morgan fingerprint density at radius 3 is 2.21 bits per heavy atom. The third-order valence-electron chi connectivity index (χ3n) is 2.02. The van der Waals surface area contributed by atoms with Crippen molar-refractivity contribution in [1.82, 2.24) is 0 Å². The Labute approximate surface area is 81.7 Å². The average Bonchev–Trinajstić information content (AvgIpc) is 2.15. The topological polar surface area (TPSA) is 54.0 Å². The highest BCUT2D eigenvalue weighted by molar-refractivity contribution is 7.85. The first-order valence-electron chi connectivity index (χ1n) is 4.03. The van der Waals surface area contributed by atoms with E-state index in [2.05, 4.69) is 0 Å². The third-order valence-corrected chi connectivity index (χ3v) is 2.91. The van der Waals surface area contributed by atoms with Crippen LogP contribution in [0.5, 0.6) is 0 Å². The number of fused-ring (bicyclic) bond motifs is 1. The van der Waals surface area contributed by atoms with Crippen LogP contribution in [0.25, 0.3) is 10.8 Å². The fraction of sp³-hybridized carbons (Fsp3) is 0. The van der Waals surface area contributed by atoms with Gasteiger partial charge < -0.3 is 0 Å². The standard InChI is InChI=1S/C10H7O3S/c11-14(12,13)10-7-3-5-8-4-1-2-6-9(8)10/h1-7H. The molecule has 0 bridgehead atoms. The van der Waals surface area contributed by atoms with E-state index in [4.69, 9.17) is 0 Å². The second-order valence-electron chi connectivity index (χ2n) is 2.93. The number of hydrogen-bond acceptors (Lipinski definition) is 2. The molecule has 0 saturated carbocycles. The first-order chi connectivity index (χ1) is 6.59. The third kappa shape index (κ3) is 1.49.